The quantitative estimate of drug-likeness (QED) is 0.613. The van der Waals surface area contributed by atoms with Crippen LogP contribution in [0.3, 0.4) is 0 Å². The molecule has 1 heterocycles. The second kappa shape index (κ2) is 4.56. The number of carbonyl (C=O) groups excluding carboxylic acids is 1. The molecule has 15 heavy (non-hydrogen) atoms. The number of aliphatic hydroxyl groups is 1. The maximum Gasteiger partial charge on any atom is 0.241 e. The molecule has 4 N–H and O–H groups in total. The van der Waals surface area contributed by atoms with Gasteiger partial charge >= 0.3 is 0 Å². The molecule has 0 atom stereocenters. The van der Waals surface area contributed by atoms with Crippen molar-refractivity contribution in [1.82, 2.24) is 4.98 Å². The van der Waals surface area contributed by atoms with Crippen molar-refractivity contribution in [2.75, 3.05) is 0 Å². The lowest BCUT2D eigenvalue weighted by molar-refractivity contribution is -0.113. The van der Waals surface area contributed by atoms with Crippen LogP contribution in [0.5, 0.6) is 5.75 Å². The number of nitrogens with zero attached hydrogens (tertiary/aromatic N) is 1. The highest BCUT2D eigenvalue weighted by Crippen LogP contribution is 2.24. The Morgan fingerprint density at radius 2 is 2.33 bits per heavy atom. The molecule has 0 saturated carbocycles. The van der Waals surface area contributed by atoms with Gasteiger partial charge in [0.15, 0.2) is 0 Å². The van der Waals surface area contributed by atoms with Gasteiger partial charge in [-0.05, 0) is 13.0 Å². The summed E-state index contributed by atoms with van der Waals surface area (Å²) in [6.45, 7) is 1.36. The first kappa shape index (κ1) is 11.2. The summed E-state index contributed by atoms with van der Waals surface area (Å²) in [6.07, 6.45) is 3.92. The average molecular weight is 208 g/mol. The van der Waals surface area contributed by atoms with Crippen LogP contribution in [0, 0.1) is 6.92 Å². The zero-order valence-corrected chi connectivity index (χ0v) is 8.27. The Hall–Kier alpha value is -1.88. The predicted molar refractivity (Wildman–Crippen MR) is 54.8 cm³/mol. The number of aromatic hydroxyl groups is 1. The summed E-state index contributed by atoms with van der Waals surface area (Å²) in [6, 6.07) is 0. The van der Waals surface area contributed by atoms with Crippen LogP contribution >= 0.6 is 0 Å². The van der Waals surface area contributed by atoms with E-state index in [2.05, 4.69) is 4.98 Å². The van der Waals surface area contributed by atoms with Crippen LogP contribution in [-0.4, -0.2) is 21.1 Å². The van der Waals surface area contributed by atoms with Gasteiger partial charge in [-0.1, -0.05) is 0 Å². The zero-order valence-electron chi connectivity index (χ0n) is 8.27. The van der Waals surface area contributed by atoms with Crippen molar-refractivity contribution in [2.45, 2.75) is 13.5 Å². The molecule has 1 aromatic heterocycles. The number of hydrogen-bond donors (Lipinski definition) is 3. The Balaban J connectivity index is 3.23. The molecule has 0 aliphatic heterocycles. The lowest BCUT2D eigenvalue weighted by Gasteiger charge is -2.06. The SMILES string of the molecule is Cc1ncc(CO)c(C=CC(N)=O)c1O. The standard InChI is InChI=1S/C10H12N2O3/c1-6-10(15)8(2-3-9(11)14)7(5-13)4-12-6/h2-4,13,15H,5H2,1H3,(H2,11,14). The van der Waals surface area contributed by atoms with Crippen molar-refractivity contribution in [3.63, 3.8) is 0 Å². The number of aromatic nitrogens is 1. The highest BCUT2D eigenvalue weighted by molar-refractivity contribution is 5.91. The third kappa shape index (κ3) is 2.54. The van der Waals surface area contributed by atoms with E-state index in [-0.39, 0.29) is 12.4 Å². The van der Waals surface area contributed by atoms with Crippen molar-refractivity contribution in [3.05, 3.63) is 29.1 Å². The number of pyridine rings is 1. The number of hydrogen-bond acceptors (Lipinski definition) is 4. The van der Waals surface area contributed by atoms with Crippen LogP contribution < -0.4 is 5.73 Å². The molecule has 0 saturated heterocycles. The summed E-state index contributed by atoms with van der Waals surface area (Å²) >= 11 is 0. The summed E-state index contributed by atoms with van der Waals surface area (Å²) in [7, 11) is 0. The van der Waals surface area contributed by atoms with Gasteiger partial charge in [-0.3, -0.25) is 9.78 Å². The molecule has 0 unspecified atom stereocenters. The second-order valence-corrected chi connectivity index (χ2v) is 3.02. The first-order valence-corrected chi connectivity index (χ1v) is 4.32. The average Bonchev–Trinajstić information content (AvgIpc) is 2.20. The third-order valence-electron chi connectivity index (χ3n) is 1.94. The van der Waals surface area contributed by atoms with Gasteiger partial charge in [0.2, 0.25) is 5.91 Å². The molecular weight excluding hydrogens is 196 g/mol. The minimum absolute atomic E-state index is 0.0564. The van der Waals surface area contributed by atoms with Crippen molar-refractivity contribution in [3.8, 4) is 5.75 Å². The molecule has 80 valence electrons. The number of primary amides is 1. The second-order valence-electron chi connectivity index (χ2n) is 3.02. The Kier molecular flexibility index (Phi) is 3.41. The van der Waals surface area contributed by atoms with Crippen LogP contribution in [-0.2, 0) is 11.4 Å². The first-order chi connectivity index (χ1) is 7.06. The van der Waals surface area contributed by atoms with Gasteiger partial charge < -0.3 is 15.9 Å². The lowest BCUT2D eigenvalue weighted by atomic mass is 10.1. The summed E-state index contributed by atoms with van der Waals surface area (Å²) in [5.74, 6) is -0.674. The molecule has 5 nitrogen and oxygen atoms in total. The largest absolute Gasteiger partial charge is 0.505 e. The third-order valence-corrected chi connectivity index (χ3v) is 1.94. The molecule has 0 radical (unpaired) electrons. The molecule has 0 spiro atoms. The van der Waals surface area contributed by atoms with Gasteiger partial charge in [-0.15, -0.1) is 0 Å². The summed E-state index contributed by atoms with van der Waals surface area (Å²) < 4.78 is 0. The topological polar surface area (TPSA) is 96.4 Å². The van der Waals surface area contributed by atoms with Gasteiger partial charge in [0, 0.05) is 23.4 Å². The minimum atomic E-state index is -0.618. The van der Waals surface area contributed by atoms with E-state index in [4.69, 9.17) is 10.8 Å². The Morgan fingerprint density at radius 3 is 2.87 bits per heavy atom. The molecule has 0 fully saturated rings. The fourth-order valence-electron chi connectivity index (χ4n) is 1.13. The number of amides is 1. The van der Waals surface area contributed by atoms with Crippen molar-refractivity contribution < 1.29 is 15.0 Å². The van der Waals surface area contributed by atoms with Crippen LogP contribution in [0.25, 0.3) is 6.08 Å². The molecule has 1 amide bonds. The summed E-state index contributed by atoms with van der Waals surface area (Å²) in [5, 5.41) is 18.6. The number of rotatable bonds is 3. The van der Waals surface area contributed by atoms with Crippen LogP contribution in [0.4, 0.5) is 0 Å². The highest BCUT2D eigenvalue weighted by atomic mass is 16.3. The van der Waals surface area contributed by atoms with E-state index < -0.39 is 5.91 Å². The fourth-order valence-corrected chi connectivity index (χ4v) is 1.13. The van der Waals surface area contributed by atoms with Crippen molar-refractivity contribution in [1.29, 1.82) is 0 Å². The maximum atomic E-state index is 10.5. The molecule has 5 heteroatoms. The van der Waals surface area contributed by atoms with Gasteiger partial charge in [0.1, 0.15) is 5.75 Å². The van der Waals surface area contributed by atoms with Gasteiger partial charge in [0.25, 0.3) is 0 Å². The van der Waals surface area contributed by atoms with Crippen LogP contribution in [0.2, 0.25) is 0 Å². The van der Waals surface area contributed by atoms with Crippen molar-refractivity contribution in [2.24, 2.45) is 5.73 Å². The molecule has 0 aliphatic rings. The number of carbonyl (C=O) groups is 1. The molecule has 0 aliphatic carbocycles. The number of aliphatic hydroxyl groups excluding tert-OH is 1. The molecule has 1 rings (SSSR count). The summed E-state index contributed by atoms with van der Waals surface area (Å²) in [4.78, 5) is 14.4. The molecule has 1 aromatic rings. The van der Waals surface area contributed by atoms with E-state index in [0.29, 0.717) is 16.8 Å². The number of nitrogens with two attached hydrogens (primary N) is 1. The van der Waals surface area contributed by atoms with Crippen LogP contribution in [0.15, 0.2) is 12.3 Å². The van der Waals surface area contributed by atoms with Crippen LogP contribution in [0.1, 0.15) is 16.8 Å². The Morgan fingerprint density at radius 1 is 1.67 bits per heavy atom. The van der Waals surface area contributed by atoms with E-state index in [0.717, 1.165) is 6.08 Å². The predicted octanol–water partition coefficient (Wildman–Crippen LogP) is 0.0864. The first-order valence-electron chi connectivity index (χ1n) is 4.32. The van der Waals surface area contributed by atoms with E-state index >= 15 is 0 Å². The highest BCUT2D eigenvalue weighted by Gasteiger charge is 2.08. The van der Waals surface area contributed by atoms with E-state index in [1.54, 1.807) is 6.92 Å². The van der Waals surface area contributed by atoms with Gasteiger partial charge in [0.05, 0.1) is 12.3 Å². The van der Waals surface area contributed by atoms with E-state index in [9.17, 15) is 9.90 Å². The Labute approximate surface area is 86.9 Å². The van der Waals surface area contributed by atoms with Gasteiger partial charge in [-0.25, -0.2) is 0 Å². The number of aryl methyl sites for hydroxylation is 1. The fraction of sp³-hybridized carbons (Fsp3) is 0.200. The van der Waals surface area contributed by atoms with E-state index in [1.807, 2.05) is 0 Å². The zero-order chi connectivity index (χ0) is 11.4. The normalized spacial score (nSPS) is 10.8. The summed E-state index contributed by atoms with van der Waals surface area (Å²) in [5.41, 5.74) is 6.17. The molecular formula is C10H12N2O3. The smallest absolute Gasteiger partial charge is 0.241 e. The van der Waals surface area contributed by atoms with Gasteiger partial charge in [-0.2, -0.15) is 0 Å². The maximum absolute atomic E-state index is 10.5. The molecule has 0 bridgehead atoms. The monoisotopic (exact) mass is 208 g/mol. The van der Waals surface area contributed by atoms with Crippen molar-refractivity contribution >= 4 is 12.0 Å². The lowest BCUT2D eigenvalue weighted by Crippen LogP contribution is -2.05. The Bertz CT molecular complexity index is 413. The van der Waals surface area contributed by atoms with E-state index in [1.165, 1.54) is 12.3 Å². The minimum Gasteiger partial charge on any atom is -0.505 e. The molecule has 0 aromatic carbocycles.